The molecule has 0 saturated carbocycles. The molecule has 2 heterocycles. The zero-order chi connectivity index (χ0) is 25.9. The number of methoxy groups -OCH3 is 1. The molecular formula is C29H49N5O2. The fourth-order valence-electron chi connectivity index (χ4n) is 4.84. The maximum absolute atomic E-state index is 13.6. The number of hydrogen-bond donors (Lipinski definition) is 1. The number of benzene rings is 1. The number of hydrogen-bond acceptors (Lipinski definition) is 5. The van der Waals surface area contributed by atoms with Gasteiger partial charge in [-0.2, -0.15) is 0 Å². The summed E-state index contributed by atoms with van der Waals surface area (Å²) in [5.74, 6) is 2.14. The van der Waals surface area contributed by atoms with E-state index in [0.717, 1.165) is 68.0 Å². The zero-order valence-electron chi connectivity index (χ0n) is 23.4. The number of amides is 1. The Morgan fingerprint density at radius 2 is 1.75 bits per heavy atom. The first-order valence-corrected chi connectivity index (χ1v) is 14.1. The van der Waals surface area contributed by atoms with E-state index < -0.39 is 0 Å². The molecule has 0 bridgehead atoms. The van der Waals surface area contributed by atoms with Crippen LogP contribution in [0, 0.1) is 11.8 Å². The molecule has 0 spiro atoms. The standard InChI is InChI=1S/C29H49N5O2/c1-23(2)12-19-33(20-13-24(3)4)28(35)25-10-11-26-27(22-25)34(29(31-26)30-14-21-36-5)18-9-17-32-15-7-6-8-16-32/h10-11,22-24H,6-9,12-21H2,1-5H3,(H,30,31). The third-order valence-electron chi connectivity index (χ3n) is 7.13. The molecule has 7 nitrogen and oxygen atoms in total. The smallest absolute Gasteiger partial charge is 0.253 e. The molecule has 1 aliphatic rings. The minimum atomic E-state index is 0.133. The van der Waals surface area contributed by atoms with E-state index in [4.69, 9.17) is 9.72 Å². The van der Waals surface area contributed by atoms with Crippen molar-refractivity contribution in [3.63, 3.8) is 0 Å². The van der Waals surface area contributed by atoms with Crippen LogP contribution in [0.25, 0.3) is 11.0 Å². The second-order valence-electron chi connectivity index (χ2n) is 11.1. The first-order chi connectivity index (χ1) is 17.4. The highest BCUT2D eigenvalue weighted by Crippen LogP contribution is 2.23. The van der Waals surface area contributed by atoms with E-state index in [9.17, 15) is 4.79 Å². The second-order valence-corrected chi connectivity index (χ2v) is 11.1. The number of ether oxygens (including phenoxy) is 1. The van der Waals surface area contributed by atoms with Crippen LogP contribution >= 0.6 is 0 Å². The van der Waals surface area contributed by atoms with Crippen LogP contribution in [0.15, 0.2) is 18.2 Å². The highest BCUT2D eigenvalue weighted by molar-refractivity contribution is 5.97. The van der Waals surface area contributed by atoms with Gasteiger partial charge in [-0.15, -0.1) is 0 Å². The van der Waals surface area contributed by atoms with Crippen LogP contribution < -0.4 is 5.32 Å². The number of aryl methyl sites for hydroxylation is 1. The van der Waals surface area contributed by atoms with Crippen LogP contribution in [0.1, 0.15) is 76.6 Å². The van der Waals surface area contributed by atoms with Crippen LogP contribution in [-0.2, 0) is 11.3 Å². The van der Waals surface area contributed by atoms with Gasteiger partial charge in [0.2, 0.25) is 5.95 Å². The minimum absolute atomic E-state index is 0.133. The zero-order valence-corrected chi connectivity index (χ0v) is 23.4. The third kappa shape index (κ3) is 8.48. The van der Waals surface area contributed by atoms with Gasteiger partial charge in [-0.1, -0.05) is 34.1 Å². The largest absolute Gasteiger partial charge is 0.383 e. The summed E-state index contributed by atoms with van der Waals surface area (Å²) in [6.07, 6.45) is 7.10. The summed E-state index contributed by atoms with van der Waals surface area (Å²) in [6, 6.07) is 6.02. The maximum Gasteiger partial charge on any atom is 0.253 e. The molecule has 1 saturated heterocycles. The quantitative estimate of drug-likeness (QED) is 0.328. The molecule has 1 aromatic carbocycles. The average Bonchev–Trinajstić information content (AvgIpc) is 3.20. The SMILES string of the molecule is COCCNc1nc2ccc(C(=O)N(CCC(C)C)CCC(C)C)cc2n1CCCN1CCCCC1. The average molecular weight is 500 g/mol. The van der Waals surface area contributed by atoms with Crippen LogP contribution in [0.5, 0.6) is 0 Å². The summed E-state index contributed by atoms with van der Waals surface area (Å²) >= 11 is 0. The lowest BCUT2D eigenvalue weighted by molar-refractivity contribution is 0.0741. The predicted octanol–water partition coefficient (Wildman–Crippen LogP) is 5.51. The number of rotatable bonds is 15. The van der Waals surface area contributed by atoms with Crippen LogP contribution in [-0.4, -0.2) is 78.2 Å². The first-order valence-electron chi connectivity index (χ1n) is 14.1. The normalized spacial score (nSPS) is 14.8. The monoisotopic (exact) mass is 499 g/mol. The van der Waals surface area contributed by atoms with E-state index in [1.165, 1.54) is 32.4 Å². The van der Waals surface area contributed by atoms with E-state index in [-0.39, 0.29) is 5.91 Å². The maximum atomic E-state index is 13.6. The Morgan fingerprint density at radius 1 is 1.06 bits per heavy atom. The number of carbonyl (C=O) groups excluding carboxylic acids is 1. The number of imidazole rings is 1. The number of carbonyl (C=O) groups is 1. The Balaban J connectivity index is 1.81. The summed E-state index contributed by atoms with van der Waals surface area (Å²) < 4.78 is 7.50. The Hall–Kier alpha value is -2.12. The molecule has 2 aromatic rings. The van der Waals surface area contributed by atoms with Crippen molar-refractivity contribution < 1.29 is 9.53 Å². The molecule has 36 heavy (non-hydrogen) atoms. The van der Waals surface area contributed by atoms with Crippen molar-refractivity contribution in [2.45, 2.75) is 72.8 Å². The van der Waals surface area contributed by atoms with Crippen LogP contribution in [0.3, 0.4) is 0 Å². The molecular weight excluding hydrogens is 450 g/mol. The van der Waals surface area contributed by atoms with Gasteiger partial charge in [-0.25, -0.2) is 4.98 Å². The third-order valence-corrected chi connectivity index (χ3v) is 7.13. The van der Waals surface area contributed by atoms with E-state index in [2.05, 4.69) is 53.4 Å². The Morgan fingerprint density at radius 3 is 2.39 bits per heavy atom. The molecule has 0 unspecified atom stereocenters. The molecule has 1 aromatic heterocycles. The molecule has 1 amide bonds. The summed E-state index contributed by atoms with van der Waals surface area (Å²) in [5, 5.41) is 3.45. The van der Waals surface area contributed by atoms with Crippen molar-refractivity contribution in [1.82, 2.24) is 19.4 Å². The topological polar surface area (TPSA) is 62.6 Å². The molecule has 0 radical (unpaired) electrons. The van der Waals surface area contributed by atoms with Crippen molar-refractivity contribution in [2.75, 3.05) is 58.3 Å². The van der Waals surface area contributed by atoms with E-state index in [1.807, 2.05) is 12.1 Å². The van der Waals surface area contributed by atoms with Gasteiger partial charge in [0.15, 0.2) is 0 Å². The van der Waals surface area contributed by atoms with Gasteiger partial charge >= 0.3 is 0 Å². The number of likely N-dealkylation sites (tertiary alicyclic amines) is 1. The lowest BCUT2D eigenvalue weighted by Crippen LogP contribution is -2.34. The molecule has 7 heteroatoms. The lowest BCUT2D eigenvalue weighted by atomic mass is 10.1. The molecule has 3 rings (SSSR count). The molecule has 0 atom stereocenters. The summed E-state index contributed by atoms with van der Waals surface area (Å²) in [6.45, 7) is 16.2. The van der Waals surface area contributed by atoms with Crippen molar-refractivity contribution in [3.05, 3.63) is 23.8 Å². The highest BCUT2D eigenvalue weighted by atomic mass is 16.5. The lowest BCUT2D eigenvalue weighted by Gasteiger charge is -2.26. The number of aromatic nitrogens is 2. The van der Waals surface area contributed by atoms with Crippen molar-refractivity contribution in [3.8, 4) is 0 Å². The summed E-state index contributed by atoms with van der Waals surface area (Å²) in [4.78, 5) is 23.1. The summed E-state index contributed by atoms with van der Waals surface area (Å²) in [7, 11) is 1.71. The van der Waals surface area contributed by atoms with E-state index in [0.29, 0.717) is 25.0 Å². The van der Waals surface area contributed by atoms with Crippen LogP contribution in [0.4, 0.5) is 5.95 Å². The Bertz CT molecular complexity index is 921. The van der Waals surface area contributed by atoms with Gasteiger partial charge in [0.25, 0.3) is 5.91 Å². The van der Waals surface area contributed by atoms with E-state index >= 15 is 0 Å². The minimum Gasteiger partial charge on any atom is -0.383 e. The first kappa shape index (κ1) is 28.5. The fraction of sp³-hybridized carbons (Fsp3) is 0.724. The highest BCUT2D eigenvalue weighted by Gasteiger charge is 2.19. The molecule has 1 fully saturated rings. The number of piperidine rings is 1. The van der Waals surface area contributed by atoms with Gasteiger partial charge in [-0.3, -0.25) is 4.79 Å². The van der Waals surface area contributed by atoms with Gasteiger partial charge < -0.3 is 24.4 Å². The van der Waals surface area contributed by atoms with Gasteiger partial charge in [0.1, 0.15) is 0 Å². The molecule has 0 aliphatic carbocycles. The fourth-order valence-corrected chi connectivity index (χ4v) is 4.84. The van der Waals surface area contributed by atoms with Crippen molar-refractivity contribution >= 4 is 22.9 Å². The molecule has 202 valence electrons. The van der Waals surface area contributed by atoms with Crippen molar-refractivity contribution in [2.24, 2.45) is 11.8 Å². The molecule has 1 aliphatic heterocycles. The Kier molecular flexibility index (Phi) is 11.5. The number of nitrogens with one attached hydrogen (secondary N) is 1. The van der Waals surface area contributed by atoms with Crippen molar-refractivity contribution in [1.29, 1.82) is 0 Å². The second kappa shape index (κ2) is 14.6. The summed E-state index contributed by atoms with van der Waals surface area (Å²) in [5.41, 5.74) is 2.73. The van der Waals surface area contributed by atoms with Crippen LogP contribution in [0.2, 0.25) is 0 Å². The number of nitrogens with zero attached hydrogens (tertiary/aromatic N) is 4. The number of fused-ring (bicyclic) bond motifs is 1. The van der Waals surface area contributed by atoms with E-state index in [1.54, 1.807) is 7.11 Å². The van der Waals surface area contributed by atoms with Gasteiger partial charge in [-0.05, 0) is 81.8 Å². The molecule has 1 N–H and O–H groups in total. The predicted molar refractivity (Wildman–Crippen MR) is 150 cm³/mol. The Labute approximate surface area is 218 Å². The van der Waals surface area contributed by atoms with Gasteiger partial charge in [0, 0.05) is 38.9 Å². The van der Waals surface area contributed by atoms with Gasteiger partial charge in [0.05, 0.1) is 17.6 Å². The number of anilines is 1.